The summed E-state index contributed by atoms with van der Waals surface area (Å²) in [4.78, 5) is 9.06. The number of rotatable bonds is 1. The zero-order valence-corrected chi connectivity index (χ0v) is 6.66. The van der Waals surface area contributed by atoms with Crippen molar-refractivity contribution >= 4 is 6.29 Å². The van der Waals surface area contributed by atoms with Crippen LogP contribution in [0, 0.1) is 6.92 Å². The monoisotopic (exact) mass is 148 g/mol. The van der Waals surface area contributed by atoms with Crippen molar-refractivity contribution in [2.75, 3.05) is 0 Å². The van der Waals surface area contributed by atoms with Crippen LogP contribution in [-0.4, -0.2) is 6.29 Å². The molecule has 0 N–H and O–H groups in total. The summed E-state index contributed by atoms with van der Waals surface area (Å²) < 4.78 is 0. The van der Waals surface area contributed by atoms with Gasteiger partial charge in [-0.1, -0.05) is 42.5 Å². The molecule has 0 atom stereocenters. The Kier molecular flexibility index (Phi) is 5.91. The Morgan fingerprint density at radius 1 is 1.27 bits per heavy atom. The Balaban J connectivity index is 0.000000218. The first kappa shape index (κ1) is 9.63. The van der Waals surface area contributed by atoms with Gasteiger partial charge in [-0.25, -0.2) is 0 Å². The van der Waals surface area contributed by atoms with Gasteiger partial charge in [0.15, 0.2) is 0 Å². The van der Waals surface area contributed by atoms with E-state index < -0.39 is 0 Å². The van der Waals surface area contributed by atoms with Crippen molar-refractivity contribution in [3.05, 3.63) is 48.6 Å². The van der Waals surface area contributed by atoms with E-state index in [9.17, 15) is 0 Å². The van der Waals surface area contributed by atoms with E-state index in [1.807, 2.05) is 18.2 Å². The van der Waals surface area contributed by atoms with Crippen molar-refractivity contribution in [2.45, 2.75) is 6.92 Å². The second-order valence-electron chi connectivity index (χ2n) is 2.03. The minimum absolute atomic E-state index is 0.639. The normalized spacial score (nSPS) is 7.36. The molecule has 0 spiro atoms. The molecule has 0 aliphatic rings. The number of carbonyl (C=O) groups excluding carboxylic acids is 1. The van der Waals surface area contributed by atoms with Crippen LogP contribution >= 0.6 is 0 Å². The molecule has 1 aromatic rings. The summed E-state index contributed by atoms with van der Waals surface area (Å²) in [5.41, 5.74) is 1.32. The second-order valence-corrected chi connectivity index (χ2v) is 2.03. The SMILES string of the molecule is C=CC=O.Cc1ccccc1. The highest BCUT2D eigenvalue weighted by molar-refractivity contribution is 5.63. The molecule has 1 heteroatoms. The smallest absolute Gasteiger partial charge is 0.142 e. The van der Waals surface area contributed by atoms with Gasteiger partial charge in [-0.2, -0.15) is 0 Å². The quantitative estimate of drug-likeness (QED) is 0.441. The van der Waals surface area contributed by atoms with Gasteiger partial charge in [-0.05, 0) is 13.0 Å². The number of hydrogen-bond donors (Lipinski definition) is 0. The van der Waals surface area contributed by atoms with Gasteiger partial charge in [0.2, 0.25) is 0 Å². The average Bonchev–Trinajstić information content (AvgIpc) is 2.07. The molecule has 1 rings (SSSR count). The molecule has 0 saturated carbocycles. The Labute approximate surface area is 67.4 Å². The Morgan fingerprint density at radius 2 is 1.73 bits per heavy atom. The second kappa shape index (κ2) is 6.75. The van der Waals surface area contributed by atoms with Crippen LogP contribution in [0.15, 0.2) is 43.0 Å². The molecule has 0 bridgehead atoms. The van der Waals surface area contributed by atoms with Gasteiger partial charge in [-0.3, -0.25) is 4.79 Å². The van der Waals surface area contributed by atoms with E-state index in [-0.39, 0.29) is 0 Å². The molecule has 0 fully saturated rings. The third-order valence-electron chi connectivity index (χ3n) is 1.04. The van der Waals surface area contributed by atoms with Gasteiger partial charge in [0.1, 0.15) is 6.29 Å². The lowest BCUT2D eigenvalue weighted by Crippen LogP contribution is -1.62. The van der Waals surface area contributed by atoms with Gasteiger partial charge >= 0.3 is 0 Å². The molecule has 0 aromatic heterocycles. The molecule has 0 heterocycles. The van der Waals surface area contributed by atoms with Gasteiger partial charge in [0, 0.05) is 0 Å². The van der Waals surface area contributed by atoms with E-state index in [1.54, 1.807) is 0 Å². The van der Waals surface area contributed by atoms with Crippen LogP contribution in [0.4, 0.5) is 0 Å². The molecule has 58 valence electrons. The molecule has 0 aliphatic heterocycles. The number of carbonyl (C=O) groups is 1. The summed E-state index contributed by atoms with van der Waals surface area (Å²) in [6.07, 6.45) is 1.83. The minimum atomic E-state index is 0.639. The number of aryl methyl sites for hydroxylation is 1. The highest BCUT2D eigenvalue weighted by Crippen LogP contribution is 1.92. The predicted octanol–water partition coefficient (Wildman–Crippen LogP) is 2.37. The van der Waals surface area contributed by atoms with Crippen LogP contribution in [0.25, 0.3) is 0 Å². The van der Waals surface area contributed by atoms with Gasteiger partial charge in [0.25, 0.3) is 0 Å². The average molecular weight is 148 g/mol. The number of aldehydes is 1. The number of allylic oxidation sites excluding steroid dienone is 1. The van der Waals surface area contributed by atoms with Crippen molar-refractivity contribution in [3.63, 3.8) is 0 Å². The van der Waals surface area contributed by atoms with Crippen LogP contribution in [0.2, 0.25) is 0 Å². The molecule has 0 radical (unpaired) electrons. The Morgan fingerprint density at radius 3 is 1.91 bits per heavy atom. The molecule has 0 unspecified atom stereocenters. The van der Waals surface area contributed by atoms with Crippen molar-refractivity contribution in [3.8, 4) is 0 Å². The first-order valence-corrected chi connectivity index (χ1v) is 3.39. The van der Waals surface area contributed by atoms with Crippen LogP contribution in [0.5, 0.6) is 0 Å². The maximum absolute atomic E-state index is 9.06. The van der Waals surface area contributed by atoms with Crippen LogP contribution in [0.1, 0.15) is 5.56 Å². The Hall–Kier alpha value is -1.37. The predicted molar refractivity (Wildman–Crippen MR) is 47.4 cm³/mol. The van der Waals surface area contributed by atoms with Crippen LogP contribution in [-0.2, 0) is 4.79 Å². The largest absolute Gasteiger partial charge is 0.299 e. The van der Waals surface area contributed by atoms with E-state index in [2.05, 4.69) is 25.6 Å². The van der Waals surface area contributed by atoms with E-state index in [0.717, 1.165) is 0 Å². The summed E-state index contributed by atoms with van der Waals surface area (Å²) in [7, 11) is 0. The molecule has 0 saturated heterocycles. The summed E-state index contributed by atoms with van der Waals surface area (Å²) in [6, 6.07) is 10.3. The molecule has 11 heavy (non-hydrogen) atoms. The van der Waals surface area contributed by atoms with Gasteiger partial charge in [-0.15, -0.1) is 0 Å². The van der Waals surface area contributed by atoms with E-state index >= 15 is 0 Å². The fourth-order valence-electron chi connectivity index (χ4n) is 0.534. The third-order valence-corrected chi connectivity index (χ3v) is 1.04. The van der Waals surface area contributed by atoms with Crippen LogP contribution in [0.3, 0.4) is 0 Å². The highest BCUT2D eigenvalue weighted by Gasteiger charge is 1.72. The molecular formula is C10H12O. The zero-order chi connectivity index (χ0) is 8.53. The molecule has 0 aliphatic carbocycles. The third kappa shape index (κ3) is 6.52. The van der Waals surface area contributed by atoms with Crippen molar-refractivity contribution in [1.82, 2.24) is 0 Å². The van der Waals surface area contributed by atoms with Crippen molar-refractivity contribution < 1.29 is 4.79 Å². The number of benzene rings is 1. The van der Waals surface area contributed by atoms with Crippen molar-refractivity contribution in [1.29, 1.82) is 0 Å². The summed E-state index contributed by atoms with van der Waals surface area (Å²) >= 11 is 0. The minimum Gasteiger partial charge on any atom is -0.299 e. The Bertz CT molecular complexity index is 195. The van der Waals surface area contributed by atoms with E-state index in [4.69, 9.17) is 4.79 Å². The molecule has 1 nitrogen and oxygen atoms in total. The zero-order valence-electron chi connectivity index (χ0n) is 6.66. The summed E-state index contributed by atoms with van der Waals surface area (Å²) in [5, 5.41) is 0. The first-order valence-electron chi connectivity index (χ1n) is 3.39. The highest BCUT2D eigenvalue weighted by atomic mass is 16.1. The van der Waals surface area contributed by atoms with E-state index in [1.165, 1.54) is 11.6 Å². The topological polar surface area (TPSA) is 17.1 Å². The maximum Gasteiger partial charge on any atom is 0.142 e. The molecule has 1 aromatic carbocycles. The lowest BCUT2D eigenvalue weighted by molar-refractivity contribution is -0.104. The fraction of sp³-hybridized carbons (Fsp3) is 0.100. The van der Waals surface area contributed by atoms with Gasteiger partial charge in [0.05, 0.1) is 0 Å². The van der Waals surface area contributed by atoms with Crippen LogP contribution < -0.4 is 0 Å². The fourth-order valence-corrected chi connectivity index (χ4v) is 0.534. The lowest BCUT2D eigenvalue weighted by atomic mass is 10.2. The number of hydrogen-bond acceptors (Lipinski definition) is 1. The van der Waals surface area contributed by atoms with E-state index in [0.29, 0.717) is 6.29 Å². The lowest BCUT2D eigenvalue weighted by Gasteiger charge is -1.82. The molecule has 0 amide bonds. The molecular weight excluding hydrogens is 136 g/mol. The standard InChI is InChI=1S/C7H8.C3H4O/c1-7-5-3-2-4-6-7;1-2-3-4/h2-6H,1H3;2-3H,1H2. The summed E-state index contributed by atoms with van der Waals surface area (Å²) in [6.45, 7) is 5.19. The maximum atomic E-state index is 9.06. The first-order chi connectivity index (χ1) is 5.31. The van der Waals surface area contributed by atoms with Gasteiger partial charge < -0.3 is 0 Å². The van der Waals surface area contributed by atoms with Crippen molar-refractivity contribution in [2.24, 2.45) is 0 Å². The summed E-state index contributed by atoms with van der Waals surface area (Å²) in [5.74, 6) is 0.